The fourth-order valence-electron chi connectivity index (χ4n) is 7.51. The van der Waals surface area contributed by atoms with Crippen molar-refractivity contribution >= 4 is 46.5 Å². The zero-order valence-corrected chi connectivity index (χ0v) is 31.5. The fourth-order valence-corrected chi connectivity index (χ4v) is 9.23. The van der Waals surface area contributed by atoms with Gasteiger partial charge in [-0.2, -0.15) is 0 Å². The van der Waals surface area contributed by atoms with E-state index in [1.807, 2.05) is 30.3 Å². The second-order valence-electron chi connectivity index (χ2n) is 13.3. The molecule has 3 fully saturated rings. The number of ether oxygens (including phenoxy) is 3. The number of carbonyl (C=O) groups is 2. The van der Waals surface area contributed by atoms with Crippen molar-refractivity contribution in [2.24, 2.45) is 5.92 Å². The van der Waals surface area contributed by atoms with Crippen LogP contribution in [0.5, 0.6) is 11.5 Å². The van der Waals surface area contributed by atoms with Gasteiger partial charge in [0.15, 0.2) is 17.0 Å². The van der Waals surface area contributed by atoms with Crippen molar-refractivity contribution in [2.75, 3.05) is 47.5 Å². The summed E-state index contributed by atoms with van der Waals surface area (Å²) in [4.78, 5) is 32.0. The van der Waals surface area contributed by atoms with E-state index in [1.54, 1.807) is 36.2 Å². The number of aromatic carboxylic acids is 1. The number of carboxylic acid groups (broad SMARTS) is 1. The molecule has 1 unspecified atom stereocenters. The van der Waals surface area contributed by atoms with Crippen molar-refractivity contribution in [1.82, 2.24) is 9.80 Å². The van der Waals surface area contributed by atoms with E-state index in [9.17, 15) is 25.0 Å². The lowest BCUT2D eigenvalue weighted by Gasteiger charge is -2.46. The number of aliphatic hydroxyl groups is 1. The topological polar surface area (TPSA) is 133 Å². The minimum absolute atomic E-state index is 0.0905. The van der Waals surface area contributed by atoms with Crippen LogP contribution in [0, 0.1) is 5.92 Å². The van der Waals surface area contributed by atoms with Gasteiger partial charge in [-0.1, -0.05) is 59.6 Å². The predicted molar refractivity (Wildman–Crippen MR) is 196 cm³/mol. The van der Waals surface area contributed by atoms with E-state index in [-0.39, 0.29) is 39.9 Å². The molecule has 0 aliphatic carbocycles. The van der Waals surface area contributed by atoms with E-state index >= 15 is 0 Å². The van der Waals surface area contributed by atoms with Crippen LogP contribution in [0.25, 0.3) is 0 Å². The van der Waals surface area contributed by atoms with Crippen molar-refractivity contribution in [3.05, 3.63) is 109 Å². The molecule has 0 amide bonds. The van der Waals surface area contributed by atoms with E-state index in [0.29, 0.717) is 45.2 Å². The average Bonchev–Trinajstić information content (AvgIpc) is 3.56. The number of aliphatic hydroxyl groups excluding tert-OH is 1. The molecule has 0 saturated carbocycles. The molecule has 3 aliphatic heterocycles. The first-order valence-corrected chi connectivity index (χ1v) is 18.5. The third-order valence-corrected chi connectivity index (χ3v) is 12.2. The smallest absolute Gasteiger partial charge is 0.346 e. The van der Waals surface area contributed by atoms with Crippen LogP contribution in [0.3, 0.4) is 0 Å². The Balaban J connectivity index is 1.40. The number of fused-ring (bicyclic) bond motifs is 3. The van der Waals surface area contributed by atoms with E-state index in [0.717, 1.165) is 42.0 Å². The number of carbonyl (C=O) groups excluding carboxylic acids is 1. The molecule has 3 saturated heterocycles. The molecule has 0 spiro atoms. The van der Waals surface area contributed by atoms with Gasteiger partial charge in [-0.3, -0.25) is 15.0 Å². The van der Waals surface area contributed by atoms with Gasteiger partial charge < -0.3 is 24.4 Å². The Labute approximate surface area is 316 Å². The largest absolute Gasteiger partial charge is 0.493 e. The van der Waals surface area contributed by atoms with Crippen LogP contribution < -0.4 is 14.2 Å². The third kappa shape index (κ3) is 7.46. The molecule has 5 heterocycles. The standard InChI is InChI=1S/C38H41Cl2N3O8S/c1-41(38(22-44,25-7-5-4-6-8-25)37(47)51-34-21-42-13-11-23(34)12-14-42)18-26-16-28(35(52-26)36(45)46)27(17-29-30(39)19-43(48)20-31(29)40)24-9-10-32(49-2)33(15-24)50-3/h4-10,15-16,19-20,23,27,34,44H,11-14,17-18,21-22H2,1-3H3,(H-,45,46,48)/p+1/t27-,34-,38?/m0/s1. The van der Waals surface area contributed by atoms with Gasteiger partial charge in [-0.05, 0) is 80.2 Å². The summed E-state index contributed by atoms with van der Waals surface area (Å²) < 4.78 is 18.1. The van der Waals surface area contributed by atoms with Crippen LogP contribution in [0.15, 0.2) is 67.0 Å². The number of hydrogen-bond donors (Lipinski definition) is 3. The highest BCUT2D eigenvalue weighted by Crippen LogP contribution is 2.42. The van der Waals surface area contributed by atoms with Gasteiger partial charge >= 0.3 is 11.9 Å². The molecular formula is C38H42Cl2N3O8S+. The Hall–Kier alpha value is -3.91. The van der Waals surface area contributed by atoms with Gasteiger partial charge in [0.05, 0.1) is 20.8 Å². The quantitative estimate of drug-likeness (QED) is 0.0843. The number of aromatic nitrogens is 1. The molecule has 14 heteroatoms. The highest BCUT2D eigenvalue weighted by Gasteiger charge is 2.48. The van der Waals surface area contributed by atoms with Crippen molar-refractivity contribution in [2.45, 2.75) is 43.4 Å². The summed E-state index contributed by atoms with van der Waals surface area (Å²) in [5.74, 6) is -1.05. The van der Waals surface area contributed by atoms with Gasteiger partial charge in [0.2, 0.25) is 12.4 Å². The summed E-state index contributed by atoms with van der Waals surface area (Å²) in [6.45, 7) is 2.21. The number of carboxylic acids is 1. The molecule has 4 aromatic rings. The van der Waals surface area contributed by atoms with E-state index in [1.165, 1.54) is 26.6 Å². The molecule has 3 aliphatic rings. The molecule has 2 aromatic carbocycles. The van der Waals surface area contributed by atoms with Crippen LogP contribution in [0.4, 0.5) is 0 Å². The maximum atomic E-state index is 14.4. The minimum Gasteiger partial charge on any atom is -0.493 e. The monoisotopic (exact) mass is 770 g/mol. The van der Waals surface area contributed by atoms with Gasteiger partial charge in [-0.15, -0.1) is 11.3 Å². The molecule has 11 nitrogen and oxygen atoms in total. The SMILES string of the molecule is COc1ccc([C@H](Cc2c(Cl)c[n+](O)cc2Cl)c2cc(CN(C)C(CO)(C(=O)O[C@H]3CN4CCC3CC4)c3ccccc3)sc2C(=O)O)cc1OC. The van der Waals surface area contributed by atoms with Crippen molar-refractivity contribution < 1.29 is 44.0 Å². The van der Waals surface area contributed by atoms with Crippen LogP contribution in [-0.2, 0) is 28.0 Å². The lowest BCUT2D eigenvalue weighted by Crippen LogP contribution is -2.57. The number of methoxy groups -OCH3 is 2. The zero-order chi connectivity index (χ0) is 37.2. The molecule has 3 atom stereocenters. The number of hydrogen-bond acceptors (Lipinski definition) is 10. The maximum Gasteiger partial charge on any atom is 0.346 e. The number of piperidine rings is 3. The second kappa shape index (κ2) is 16.0. The summed E-state index contributed by atoms with van der Waals surface area (Å²) >= 11 is 14.3. The zero-order valence-electron chi connectivity index (χ0n) is 29.1. The molecule has 276 valence electrons. The van der Waals surface area contributed by atoms with E-state index in [4.69, 9.17) is 37.4 Å². The Morgan fingerprint density at radius 2 is 1.71 bits per heavy atom. The Bertz CT molecular complexity index is 1900. The molecule has 3 N–H and O–H groups in total. The van der Waals surface area contributed by atoms with E-state index in [2.05, 4.69) is 4.90 Å². The average molecular weight is 772 g/mol. The first-order chi connectivity index (χ1) is 25.0. The Kier molecular flexibility index (Phi) is 11.6. The minimum atomic E-state index is -1.56. The van der Waals surface area contributed by atoms with Crippen LogP contribution in [-0.4, -0.2) is 90.8 Å². The summed E-state index contributed by atoms with van der Waals surface area (Å²) in [7, 11) is 4.78. The summed E-state index contributed by atoms with van der Waals surface area (Å²) in [5.41, 5.74) is 0.715. The molecule has 52 heavy (non-hydrogen) atoms. The van der Waals surface area contributed by atoms with E-state index < -0.39 is 30.0 Å². The van der Waals surface area contributed by atoms with Crippen LogP contribution >= 0.6 is 34.5 Å². The normalized spacial score (nSPS) is 19.9. The number of benzene rings is 2. The molecular weight excluding hydrogens is 729 g/mol. The lowest BCUT2D eigenvalue weighted by molar-refractivity contribution is -0.904. The molecule has 0 radical (unpaired) electrons. The molecule has 7 rings (SSSR count). The van der Waals surface area contributed by atoms with Crippen molar-refractivity contribution in [3.8, 4) is 11.5 Å². The number of likely N-dealkylation sites (N-methyl/N-ethyl adjacent to an activating group) is 1. The first-order valence-electron chi connectivity index (χ1n) is 17.0. The second-order valence-corrected chi connectivity index (χ2v) is 15.3. The van der Waals surface area contributed by atoms with Crippen molar-refractivity contribution in [1.29, 1.82) is 0 Å². The number of rotatable bonds is 14. The highest BCUT2D eigenvalue weighted by atomic mass is 35.5. The number of esters is 1. The van der Waals surface area contributed by atoms with Gasteiger partial charge in [-0.25, -0.2) is 9.59 Å². The van der Waals surface area contributed by atoms with Crippen molar-refractivity contribution in [3.63, 3.8) is 0 Å². The lowest BCUT2D eigenvalue weighted by atomic mass is 9.84. The summed E-state index contributed by atoms with van der Waals surface area (Å²) in [6, 6.07) is 16.2. The Morgan fingerprint density at radius 1 is 1.04 bits per heavy atom. The number of pyridine rings is 1. The van der Waals surface area contributed by atoms with Gasteiger partial charge in [0.1, 0.15) is 21.0 Å². The number of nitrogens with zero attached hydrogens (tertiary/aromatic N) is 3. The van der Waals surface area contributed by atoms with Gasteiger partial charge in [0, 0.05) is 34.2 Å². The number of thiophene rings is 1. The van der Waals surface area contributed by atoms with Gasteiger partial charge in [0.25, 0.3) is 0 Å². The number of halogens is 2. The van der Waals surface area contributed by atoms with Crippen LogP contribution in [0.2, 0.25) is 10.0 Å². The third-order valence-electron chi connectivity index (χ3n) is 10.4. The molecule has 2 bridgehead atoms. The fraction of sp³-hybridized carbons (Fsp3) is 0.395. The van der Waals surface area contributed by atoms with Crippen LogP contribution in [0.1, 0.15) is 55.6 Å². The highest BCUT2D eigenvalue weighted by molar-refractivity contribution is 7.14. The predicted octanol–water partition coefficient (Wildman–Crippen LogP) is 5.63. The summed E-state index contributed by atoms with van der Waals surface area (Å²) in [6.07, 6.45) is 4.45. The first kappa shape index (κ1) is 37.8. The molecule has 2 aromatic heterocycles. The summed E-state index contributed by atoms with van der Waals surface area (Å²) in [5, 5.41) is 32.1. The Morgan fingerprint density at radius 3 is 2.29 bits per heavy atom. The maximum absolute atomic E-state index is 14.4.